The smallest absolute Gasteiger partial charge is 0.309 e. The van der Waals surface area contributed by atoms with E-state index in [4.69, 9.17) is 4.74 Å². The van der Waals surface area contributed by atoms with Gasteiger partial charge in [-0.05, 0) is 32.4 Å². The molecule has 2 fully saturated rings. The molecule has 0 bridgehead atoms. The molecule has 2 heterocycles. The maximum absolute atomic E-state index is 11.8. The molecule has 126 valence electrons. The molecule has 6 heteroatoms. The van der Waals surface area contributed by atoms with Crippen molar-refractivity contribution in [1.29, 1.82) is 0 Å². The monoisotopic (exact) mass is 344 g/mol. The van der Waals surface area contributed by atoms with Crippen LogP contribution in [0.25, 0.3) is 11.3 Å². The zero-order valence-corrected chi connectivity index (χ0v) is 14.6. The summed E-state index contributed by atoms with van der Waals surface area (Å²) in [6.45, 7) is 6.02. The maximum Gasteiger partial charge on any atom is 0.309 e. The summed E-state index contributed by atoms with van der Waals surface area (Å²) in [5, 5.41) is 13.0. The van der Waals surface area contributed by atoms with Crippen molar-refractivity contribution in [2.75, 3.05) is 24.6 Å². The number of hydrogen-bond donors (Lipinski definition) is 1. The molecule has 1 spiro atoms. The van der Waals surface area contributed by atoms with Crippen LogP contribution in [0, 0.1) is 18.3 Å². The predicted molar refractivity (Wildman–Crippen MR) is 93.3 cm³/mol. The molecular weight excluding hydrogens is 324 g/mol. The van der Waals surface area contributed by atoms with Crippen molar-refractivity contribution in [3.05, 3.63) is 29.1 Å². The molecule has 1 N–H and O–H groups in total. The van der Waals surface area contributed by atoms with E-state index in [0.29, 0.717) is 6.61 Å². The van der Waals surface area contributed by atoms with Gasteiger partial charge in [0.25, 0.3) is 0 Å². The Labute approximate surface area is 144 Å². The summed E-state index contributed by atoms with van der Waals surface area (Å²) in [6, 6.07) is 5.54. The van der Waals surface area contributed by atoms with Gasteiger partial charge >= 0.3 is 5.97 Å². The van der Waals surface area contributed by atoms with E-state index >= 15 is 0 Å². The second-order valence-corrected chi connectivity index (χ2v) is 7.60. The molecule has 4 rings (SSSR count). The first kappa shape index (κ1) is 15.4. The molecule has 1 unspecified atom stereocenters. The first-order valence-electron chi connectivity index (χ1n) is 8.19. The van der Waals surface area contributed by atoms with Crippen molar-refractivity contribution in [3.8, 4) is 17.0 Å². The third-order valence-electron chi connectivity index (χ3n) is 4.96. The fourth-order valence-corrected chi connectivity index (χ4v) is 4.34. The van der Waals surface area contributed by atoms with Crippen LogP contribution >= 0.6 is 11.3 Å². The van der Waals surface area contributed by atoms with Gasteiger partial charge in [-0.1, -0.05) is 11.6 Å². The van der Waals surface area contributed by atoms with Crippen LogP contribution in [-0.2, 0) is 9.53 Å². The van der Waals surface area contributed by atoms with Crippen molar-refractivity contribution in [1.82, 2.24) is 4.98 Å². The number of aryl methyl sites for hydroxylation is 1. The van der Waals surface area contributed by atoms with Crippen molar-refractivity contribution in [2.24, 2.45) is 11.3 Å². The lowest BCUT2D eigenvalue weighted by Gasteiger charge is -2.40. The van der Waals surface area contributed by atoms with Crippen molar-refractivity contribution in [2.45, 2.75) is 20.3 Å². The minimum absolute atomic E-state index is 0.0540. The van der Waals surface area contributed by atoms with Crippen LogP contribution in [0.3, 0.4) is 0 Å². The number of thiazole rings is 1. The first-order chi connectivity index (χ1) is 11.5. The molecule has 1 saturated carbocycles. The van der Waals surface area contributed by atoms with Gasteiger partial charge in [-0.2, -0.15) is 0 Å². The largest absolute Gasteiger partial charge is 0.507 e. The molecule has 1 atom stereocenters. The Kier molecular flexibility index (Phi) is 3.53. The third-order valence-corrected chi connectivity index (χ3v) is 5.86. The molecule has 1 aromatic carbocycles. The van der Waals surface area contributed by atoms with Crippen LogP contribution in [-0.4, -0.2) is 35.8 Å². The van der Waals surface area contributed by atoms with E-state index in [1.165, 1.54) is 0 Å². The summed E-state index contributed by atoms with van der Waals surface area (Å²) >= 11 is 1.58. The summed E-state index contributed by atoms with van der Waals surface area (Å²) in [4.78, 5) is 18.7. The minimum Gasteiger partial charge on any atom is -0.507 e. The Morgan fingerprint density at radius 2 is 2.29 bits per heavy atom. The minimum atomic E-state index is -0.0540. The maximum atomic E-state index is 11.8. The number of carbonyl (C=O) groups excluding carboxylic acids is 1. The number of benzene rings is 1. The van der Waals surface area contributed by atoms with E-state index < -0.39 is 0 Å². The topological polar surface area (TPSA) is 62.7 Å². The molecule has 2 aromatic rings. The molecule has 24 heavy (non-hydrogen) atoms. The van der Waals surface area contributed by atoms with E-state index in [9.17, 15) is 9.90 Å². The molecule has 1 aliphatic heterocycles. The van der Waals surface area contributed by atoms with Gasteiger partial charge in [0.15, 0.2) is 5.13 Å². The molecule has 0 amide bonds. The number of nitrogens with zero attached hydrogens (tertiary/aromatic N) is 2. The van der Waals surface area contributed by atoms with Crippen LogP contribution in [0.4, 0.5) is 5.13 Å². The molecule has 1 saturated heterocycles. The highest BCUT2D eigenvalue weighted by Crippen LogP contribution is 2.60. The van der Waals surface area contributed by atoms with Crippen molar-refractivity contribution in [3.63, 3.8) is 0 Å². The standard InChI is InChI=1S/C18H20N2O3S/c1-3-23-16(22)13-7-18(13)9-20(10-18)17-19-14(8-24-17)12-6-11(2)4-5-15(12)21/h4-6,8,13,21H,3,7,9-10H2,1-2H3. The first-order valence-corrected chi connectivity index (χ1v) is 9.07. The number of phenolic OH excluding ortho intramolecular Hbond substituents is 1. The predicted octanol–water partition coefficient (Wildman–Crippen LogP) is 3.21. The number of anilines is 1. The van der Waals surface area contributed by atoms with Crippen LogP contribution < -0.4 is 4.90 Å². The van der Waals surface area contributed by atoms with Gasteiger partial charge < -0.3 is 14.7 Å². The van der Waals surface area contributed by atoms with E-state index in [-0.39, 0.29) is 23.1 Å². The number of aromatic hydroxyl groups is 1. The lowest BCUT2D eigenvalue weighted by Crippen LogP contribution is -2.50. The third kappa shape index (κ3) is 2.45. The molecule has 2 aliphatic rings. The molecule has 1 aromatic heterocycles. The fraction of sp³-hybridized carbons (Fsp3) is 0.444. The zero-order valence-electron chi connectivity index (χ0n) is 13.8. The molecular formula is C18H20N2O3S. The second kappa shape index (κ2) is 5.48. The van der Waals surface area contributed by atoms with E-state index in [1.807, 2.05) is 31.4 Å². The van der Waals surface area contributed by atoms with Crippen LogP contribution in [0.2, 0.25) is 0 Å². The lowest BCUT2D eigenvalue weighted by molar-refractivity contribution is -0.145. The number of ether oxygens (including phenoxy) is 1. The number of rotatable bonds is 4. The summed E-state index contributed by atoms with van der Waals surface area (Å²) in [7, 11) is 0. The molecule has 1 aliphatic carbocycles. The highest BCUT2D eigenvalue weighted by atomic mass is 32.1. The van der Waals surface area contributed by atoms with Gasteiger partial charge in [-0.25, -0.2) is 4.98 Å². The zero-order chi connectivity index (χ0) is 16.9. The van der Waals surface area contributed by atoms with Crippen LogP contribution in [0.1, 0.15) is 18.9 Å². The Morgan fingerprint density at radius 1 is 1.50 bits per heavy atom. The molecule has 0 radical (unpaired) electrons. The van der Waals surface area contributed by atoms with Crippen LogP contribution in [0.15, 0.2) is 23.6 Å². The Balaban J connectivity index is 1.45. The SMILES string of the molecule is CCOC(=O)C1CC12CN(c1nc(-c3cc(C)ccc3O)cs1)C2. The van der Waals surface area contributed by atoms with E-state index in [0.717, 1.165) is 41.5 Å². The molecule has 5 nitrogen and oxygen atoms in total. The van der Waals surface area contributed by atoms with Gasteiger partial charge in [0, 0.05) is 29.4 Å². The Bertz CT molecular complexity index is 795. The summed E-state index contributed by atoms with van der Waals surface area (Å²) < 4.78 is 5.13. The number of carbonyl (C=O) groups is 1. The summed E-state index contributed by atoms with van der Waals surface area (Å²) in [6.07, 6.45) is 0.930. The van der Waals surface area contributed by atoms with Crippen molar-refractivity contribution < 1.29 is 14.6 Å². The summed E-state index contributed by atoms with van der Waals surface area (Å²) in [5.41, 5.74) is 2.78. The average Bonchev–Trinajstić information content (AvgIpc) is 3.10. The van der Waals surface area contributed by atoms with Crippen molar-refractivity contribution >= 4 is 22.4 Å². The number of esters is 1. The number of phenols is 1. The number of hydrogen-bond acceptors (Lipinski definition) is 6. The normalized spacial score (nSPS) is 20.8. The number of aromatic nitrogens is 1. The van der Waals surface area contributed by atoms with Gasteiger partial charge in [-0.3, -0.25) is 4.79 Å². The van der Waals surface area contributed by atoms with Gasteiger partial charge in [-0.15, -0.1) is 11.3 Å². The highest BCUT2D eigenvalue weighted by molar-refractivity contribution is 7.14. The van der Waals surface area contributed by atoms with Gasteiger partial charge in [0.2, 0.25) is 0 Å². The summed E-state index contributed by atoms with van der Waals surface area (Å²) in [5.74, 6) is 0.262. The fourth-order valence-electron chi connectivity index (χ4n) is 3.51. The Morgan fingerprint density at radius 3 is 3.04 bits per heavy atom. The van der Waals surface area contributed by atoms with Gasteiger partial charge in [0.05, 0.1) is 18.2 Å². The quantitative estimate of drug-likeness (QED) is 0.863. The van der Waals surface area contributed by atoms with Gasteiger partial charge in [0.1, 0.15) is 5.75 Å². The Hall–Kier alpha value is -2.08. The van der Waals surface area contributed by atoms with E-state index in [2.05, 4.69) is 9.88 Å². The average molecular weight is 344 g/mol. The van der Waals surface area contributed by atoms with E-state index in [1.54, 1.807) is 17.4 Å². The van der Waals surface area contributed by atoms with Crippen LogP contribution in [0.5, 0.6) is 5.75 Å². The lowest BCUT2D eigenvalue weighted by atomic mass is 9.94. The highest BCUT2D eigenvalue weighted by Gasteiger charge is 2.65. The second-order valence-electron chi connectivity index (χ2n) is 6.76.